The lowest BCUT2D eigenvalue weighted by molar-refractivity contribution is -0.175. The van der Waals surface area contributed by atoms with Gasteiger partial charge < -0.3 is 4.74 Å². The lowest BCUT2D eigenvalue weighted by Gasteiger charge is -2.66. The summed E-state index contributed by atoms with van der Waals surface area (Å²) < 4.78 is 6.64. The summed E-state index contributed by atoms with van der Waals surface area (Å²) >= 11 is 0. The number of rotatable bonds is 5. The number of benzene rings is 5. The van der Waals surface area contributed by atoms with Crippen molar-refractivity contribution in [2.24, 2.45) is 29.1 Å². The van der Waals surface area contributed by atoms with Crippen molar-refractivity contribution in [1.29, 1.82) is 0 Å². The molecule has 14 rings (SSSR count). The topological polar surface area (TPSA) is 47.9 Å². The third-order valence-corrected chi connectivity index (χ3v) is 16.8. The first kappa shape index (κ1) is 33.7. The average molecular weight is 776 g/mol. The van der Waals surface area contributed by atoms with Crippen molar-refractivity contribution in [3.8, 4) is 22.9 Å². The van der Waals surface area contributed by atoms with Gasteiger partial charge in [-0.1, -0.05) is 146 Å². The standard InChI is InChI=1S/C56H45N3O/c1-2-11-34(12-3-1)35-21-23-36(24-22-35)51-57-52(59-53(58-51)54-31-41-29-40-30-42(32-54)55(40,41)33-54)39-14-10-13-37(27-39)38-25-26-44-43-15-4-5-16-45(43)56(48(44)28-38)46-17-6-8-19-49(46)60-50-20-9-7-18-47(50)56/h1-21,23-28,35,40-42,44,48H,22,29-33H2/t35?,40-,41+,42?,44?,48?,54?,55?/m1/s1. The van der Waals surface area contributed by atoms with Crippen LogP contribution in [-0.4, -0.2) is 15.0 Å². The van der Waals surface area contributed by atoms with E-state index in [1.807, 2.05) is 0 Å². The minimum Gasteiger partial charge on any atom is -0.457 e. The highest BCUT2D eigenvalue weighted by Gasteiger charge is 2.78. The van der Waals surface area contributed by atoms with Crippen LogP contribution in [0.4, 0.5) is 0 Å². The molecule has 1 aromatic heterocycles. The van der Waals surface area contributed by atoms with E-state index < -0.39 is 5.41 Å². The molecule has 4 heteroatoms. The van der Waals surface area contributed by atoms with E-state index >= 15 is 0 Å². The second-order valence-electron chi connectivity index (χ2n) is 19.2. The summed E-state index contributed by atoms with van der Waals surface area (Å²) in [7, 11) is 0. The van der Waals surface area contributed by atoms with Gasteiger partial charge in [0, 0.05) is 45.4 Å². The first-order valence-electron chi connectivity index (χ1n) is 22.3. The lowest BCUT2D eigenvalue weighted by Crippen LogP contribution is -2.59. The second-order valence-corrected chi connectivity index (χ2v) is 19.2. The van der Waals surface area contributed by atoms with Crippen LogP contribution < -0.4 is 4.74 Å². The molecular formula is C56H45N3O. The Labute approximate surface area is 351 Å². The van der Waals surface area contributed by atoms with Gasteiger partial charge in [-0.3, -0.25) is 0 Å². The molecular weight excluding hydrogens is 731 g/mol. The number of hydrogen-bond donors (Lipinski definition) is 0. The SMILES string of the molecule is C1=CC2c3ccccc3C3(c4ccccc4Oc4ccccc43)C2C=C1c1cccc(-c2nc(C3=CCC(c4ccccc4)C=C3)nc(C34CC5C[C@H]6C[C@@H](C3)C56C4)n2)c1. The van der Waals surface area contributed by atoms with Crippen LogP contribution in [0.1, 0.15) is 95.4 Å². The Morgan fingerprint density at radius 3 is 2.00 bits per heavy atom. The highest BCUT2D eigenvalue weighted by Crippen LogP contribution is 2.84. The number of fused-ring (bicyclic) bond motifs is 10. The highest BCUT2D eigenvalue weighted by molar-refractivity contribution is 5.81. The van der Waals surface area contributed by atoms with Crippen molar-refractivity contribution in [3.63, 3.8) is 0 Å². The van der Waals surface area contributed by atoms with Crippen LogP contribution in [0.3, 0.4) is 0 Å². The summed E-state index contributed by atoms with van der Waals surface area (Å²) in [6, 6.07) is 46.3. The summed E-state index contributed by atoms with van der Waals surface area (Å²) in [4.78, 5) is 16.3. The normalized spacial score (nSPS) is 31.1. The van der Waals surface area contributed by atoms with Gasteiger partial charge in [-0.15, -0.1) is 0 Å². The van der Waals surface area contributed by atoms with E-state index in [0.29, 0.717) is 11.3 Å². The zero-order valence-corrected chi connectivity index (χ0v) is 33.5. The fourth-order valence-electron chi connectivity index (χ4n) is 14.3. The molecule has 4 saturated carbocycles. The van der Waals surface area contributed by atoms with Crippen molar-refractivity contribution in [3.05, 3.63) is 209 Å². The van der Waals surface area contributed by atoms with Crippen LogP contribution in [0.15, 0.2) is 164 Å². The molecule has 0 N–H and O–H groups in total. The predicted molar refractivity (Wildman–Crippen MR) is 236 cm³/mol. The molecule has 4 fully saturated rings. The minimum atomic E-state index is -0.391. The Morgan fingerprint density at radius 2 is 1.27 bits per heavy atom. The quantitative estimate of drug-likeness (QED) is 0.175. The van der Waals surface area contributed by atoms with Crippen LogP contribution in [0.25, 0.3) is 22.5 Å². The summed E-state index contributed by atoms with van der Waals surface area (Å²) in [5.41, 5.74) is 11.4. The molecule has 6 aromatic rings. The second kappa shape index (κ2) is 12.0. The first-order valence-corrected chi connectivity index (χ1v) is 22.3. The molecule has 6 unspecified atom stereocenters. The van der Waals surface area contributed by atoms with E-state index in [4.69, 9.17) is 19.7 Å². The number of nitrogens with zero attached hydrogens (tertiary/aromatic N) is 3. The molecule has 60 heavy (non-hydrogen) atoms. The summed E-state index contributed by atoms with van der Waals surface area (Å²) in [5.74, 6) is 7.98. The van der Waals surface area contributed by atoms with Gasteiger partial charge in [0.05, 0.1) is 5.41 Å². The molecule has 2 bridgehead atoms. The summed E-state index contributed by atoms with van der Waals surface area (Å²) in [6.45, 7) is 0. The Bertz CT molecular complexity index is 2870. The molecule has 2 heterocycles. The van der Waals surface area contributed by atoms with Gasteiger partial charge >= 0.3 is 0 Å². The highest BCUT2D eigenvalue weighted by atomic mass is 16.5. The van der Waals surface area contributed by atoms with Gasteiger partial charge in [-0.25, -0.2) is 15.0 Å². The average Bonchev–Trinajstić information content (AvgIpc) is 3.91. The molecule has 1 aliphatic heterocycles. The number of aromatic nitrogens is 3. The maximum atomic E-state index is 6.64. The molecule has 8 aliphatic rings. The Hall–Kier alpha value is -6.13. The molecule has 5 aromatic carbocycles. The smallest absolute Gasteiger partial charge is 0.163 e. The summed E-state index contributed by atoms with van der Waals surface area (Å²) in [5, 5.41) is 0. The van der Waals surface area contributed by atoms with Crippen molar-refractivity contribution < 1.29 is 4.74 Å². The van der Waals surface area contributed by atoms with Crippen molar-refractivity contribution in [2.45, 2.75) is 61.2 Å². The third kappa shape index (κ3) is 4.34. The Balaban J connectivity index is 0.884. The van der Waals surface area contributed by atoms with Crippen LogP contribution in [-0.2, 0) is 10.8 Å². The zero-order chi connectivity index (χ0) is 39.2. The van der Waals surface area contributed by atoms with Gasteiger partial charge in [-0.05, 0) is 108 Å². The number of hydrogen-bond acceptors (Lipinski definition) is 4. The molecule has 0 saturated heterocycles. The maximum absolute atomic E-state index is 6.64. The number of allylic oxidation sites excluding steroid dienone is 8. The van der Waals surface area contributed by atoms with Crippen LogP contribution in [0.2, 0.25) is 0 Å². The van der Waals surface area contributed by atoms with Crippen LogP contribution >= 0.6 is 0 Å². The van der Waals surface area contributed by atoms with Gasteiger partial charge in [0.2, 0.25) is 0 Å². The van der Waals surface area contributed by atoms with E-state index in [1.54, 1.807) is 0 Å². The van der Waals surface area contributed by atoms with E-state index in [1.165, 1.54) is 71.1 Å². The van der Waals surface area contributed by atoms with E-state index in [0.717, 1.165) is 64.3 Å². The van der Waals surface area contributed by atoms with Crippen molar-refractivity contribution >= 4 is 11.1 Å². The predicted octanol–water partition coefficient (Wildman–Crippen LogP) is 12.6. The van der Waals surface area contributed by atoms with Crippen molar-refractivity contribution in [2.75, 3.05) is 0 Å². The van der Waals surface area contributed by atoms with Gasteiger partial charge in [0.25, 0.3) is 0 Å². The summed E-state index contributed by atoms with van der Waals surface area (Å²) in [6.07, 6.45) is 21.9. The largest absolute Gasteiger partial charge is 0.457 e. The monoisotopic (exact) mass is 775 g/mol. The fourth-order valence-corrected chi connectivity index (χ4v) is 14.3. The van der Waals surface area contributed by atoms with Gasteiger partial charge in [-0.2, -0.15) is 0 Å². The molecule has 7 aliphatic carbocycles. The number of para-hydroxylation sites is 2. The van der Waals surface area contributed by atoms with E-state index in [-0.39, 0.29) is 17.3 Å². The molecule has 0 radical (unpaired) electrons. The van der Waals surface area contributed by atoms with Gasteiger partial charge in [0.15, 0.2) is 11.6 Å². The number of ether oxygens (including phenoxy) is 1. The zero-order valence-electron chi connectivity index (χ0n) is 33.5. The third-order valence-electron chi connectivity index (χ3n) is 16.8. The van der Waals surface area contributed by atoms with Crippen molar-refractivity contribution in [1.82, 2.24) is 15.0 Å². The van der Waals surface area contributed by atoms with Crippen LogP contribution in [0.5, 0.6) is 11.5 Å². The lowest BCUT2D eigenvalue weighted by atomic mass is 9.38. The van der Waals surface area contributed by atoms with Gasteiger partial charge in [0.1, 0.15) is 17.3 Å². The van der Waals surface area contributed by atoms with Crippen LogP contribution in [0, 0.1) is 29.1 Å². The fraction of sp³-hybridized carbons (Fsp3) is 0.268. The molecule has 0 amide bonds. The minimum absolute atomic E-state index is 0.0713. The maximum Gasteiger partial charge on any atom is 0.163 e. The molecule has 8 atom stereocenters. The molecule has 290 valence electrons. The molecule has 4 nitrogen and oxygen atoms in total. The van der Waals surface area contributed by atoms with E-state index in [9.17, 15) is 0 Å². The first-order chi connectivity index (χ1) is 29.6. The molecule has 2 spiro atoms. The Morgan fingerprint density at radius 1 is 0.583 bits per heavy atom. The Kier molecular flexibility index (Phi) is 6.74. The van der Waals surface area contributed by atoms with E-state index in [2.05, 4.69) is 164 Å².